The first kappa shape index (κ1) is 18.7. The monoisotopic (exact) mass is 345 g/mol. The van der Waals surface area contributed by atoms with Crippen molar-refractivity contribution in [2.45, 2.75) is 51.9 Å². The van der Waals surface area contributed by atoms with Crippen LogP contribution in [0.15, 0.2) is 40.5 Å². The van der Waals surface area contributed by atoms with Crippen LogP contribution in [0.4, 0.5) is 0 Å². The fourth-order valence-electron chi connectivity index (χ4n) is 2.93. The minimum Gasteiger partial charge on any atom is -0.320 e. The Morgan fingerprint density at radius 3 is 2.79 bits per heavy atom. The molecule has 4 nitrogen and oxygen atoms in total. The normalized spacial score (nSPS) is 16.9. The van der Waals surface area contributed by atoms with Gasteiger partial charge in [0, 0.05) is 24.9 Å². The van der Waals surface area contributed by atoms with E-state index in [2.05, 4.69) is 28.3 Å². The molecule has 0 spiro atoms. The Bertz CT molecular complexity index is 578. The summed E-state index contributed by atoms with van der Waals surface area (Å²) in [7, 11) is 1.86. The van der Waals surface area contributed by atoms with Crippen LogP contribution in [-0.2, 0) is 11.2 Å². The number of nitrogens with one attached hydrogen (secondary N) is 1. The summed E-state index contributed by atoms with van der Waals surface area (Å²) in [6.45, 7) is 2.08. The highest BCUT2D eigenvalue weighted by Crippen LogP contribution is 2.31. The van der Waals surface area contributed by atoms with Gasteiger partial charge in [-0.2, -0.15) is 0 Å². The van der Waals surface area contributed by atoms with E-state index in [0.717, 1.165) is 22.2 Å². The van der Waals surface area contributed by atoms with Crippen molar-refractivity contribution in [2.24, 2.45) is 10.9 Å². The summed E-state index contributed by atoms with van der Waals surface area (Å²) in [6.07, 6.45) is 11.3. The number of amides is 1. The van der Waals surface area contributed by atoms with Gasteiger partial charge in [-0.05, 0) is 31.4 Å². The van der Waals surface area contributed by atoms with E-state index in [9.17, 15) is 4.79 Å². The number of allylic oxidation sites excluding steroid dienone is 1. The minimum absolute atomic E-state index is 0.0278. The molecule has 0 atom stereocenters. The summed E-state index contributed by atoms with van der Waals surface area (Å²) >= 11 is 1.62. The number of hydrogen-bond donors (Lipinski definition) is 1. The highest BCUT2D eigenvalue weighted by atomic mass is 32.2. The molecule has 24 heavy (non-hydrogen) atoms. The Kier molecular flexibility index (Phi) is 8.02. The molecule has 0 aliphatic heterocycles. The molecule has 1 aromatic rings. The van der Waals surface area contributed by atoms with E-state index in [1.165, 1.54) is 32.1 Å². The lowest BCUT2D eigenvalue weighted by Gasteiger charge is -2.23. The van der Waals surface area contributed by atoms with Crippen LogP contribution < -0.4 is 5.32 Å². The lowest BCUT2D eigenvalue weighted by atomic mass is 9.90. The summed E-state index contributed by atoms with van der Waals surface area (Å²) < 4.78 is 0. The third kappa shape index (κ3) is 6.11. The number of nitrogens with zero attached hydrogens (tertiary/aromatic N) is 2. The third-order valence-electron chi connectivity index (χ3n) is 4.11. The number of carbonyl (C=O) groups excluding carboxylic acids is 1. The van der Waals surface area contributed by atoms with E-state index in [1.807, 2.05) is 25.2 Å². The third-order valence-corrected chi connectivity index (χ3v) is 5.32. The van der Waals surface area contributed by atoms with Crippen LogP contribution in [0.2, 0.25) is 0 Å². The maximum absolute atomic E-state index is 12.3. The highest BCUT2D eigenvalue weighted by molar-refractivity contribution is 8.17. The van der Waals surface area contributed by atoms with Crippen molar-refractivity contribution in [2.75, 3.05) is 7.05 Å². The Hall–Kier alpha value is -1.62. The lowest BCUT2D eigenvalue weighted by molar-refractivity contribution is -0.119. The standard InChI is InChI=1S/C19H27N3OS/c1-3-9-18(22-17(23)14-16-12-7-8-13-21-16)24-19(20-2)15-10-5-4-6-11-15/h7-9,12-13,15H,3-6,10-11,14H2,1-2H3,(H,22,23)/b18-9-,20-19-. The molecule has 0 aromatic carbocycles. The van der Waals surface area contributed by atoms with Gasteiger partial charge in [-0.15, -0.1) is 0 Å². The number of hydrogen-bond acceptors (Lipinski definition) is 4. The van der Waals surface area contributed by atoms with Crippen molar-refractivity contribution >= 4 is 22.7 Å². The van der Waals surface area contributed by atoms with Crippen molar-refractivity contribution in [3.05, 3.63) is 41.2 Å². The van der Waals surface area contributed by atoms with Gasteiger partial charge in [0.05, 0.1) is 16.5 Å². The van der Waals surface area contributed by atoms with Crippen LogP contribution in [0.5, 0.6) is 0 Å². The molecule has 1 aliphatic rings. The Balaban J connectivity index is 1.95. The maximum Gasteiger partial charge on any atom is 0.230 e. The van der Waals surface area contributed by atoms with Gasteiger partial charge in [0.25, 0.3) is 0 Å². The molecule has 1 amide bonds. The molecule has 1 aliphatic carbocycles. The van der Waals surface area contributed by atoms with Gasteiger partial charge in [-0.1, -0.05) is 50.1 Å². The van der Waals surface area contributed by atoms with E-state index in [-0.39, 0.29) is 5.91 Å². The first-order valence-electron chi connectivity index (χ1n) is 8.77. The van der Waals surface area contributed by atoms with E-state index in [4.69, 9.17) is 0 Å². The van der Waals surface area contributed by atoms with Gasteiger partial charge in [0.15, 0.2) is 0 Å². The average molecular weight is 346 g/mol. The van der Waals surface area contributed by atoms with E-state index >= 15 is 0 Å². The Morgan fingerprint density at radius 1 is 1.38 bits per heavy atom. The topological polar surface area (TPSA) is 54.4 Å². The smallest absolute Gasteiger partial charge is 0.230 e. The molecule has 2 rings (SSSR count). The molecular weight excluding hydrogens is 318 g/mol. The zero-order valence-corrected chi connectivity index (χ0v) is 15.4. The van der Waals surface area contributed by atoms with Crippen LogP contribution in [0.1, 0.15) is 51.1 Å². The SMILES string of the molecule is CC/C=C(/NC(=O)Cc1ccccn1)S/C(=N\C)C1CCCCC1. The fraction of sp³-hybridized carbons (Fsp3) is 0.526. The first-order chi connectivity index (χ1) is 11.7. The number of carbonyl (C=O) groups is 1. The van der Waals surface area contributed by atoms with Crippen LogP contribution in [0.3, 0.4) is 0 Å². The maximum atomic E-state index is 12.3. The van der Waals surface area contributed by atoms with Crippen molar-refractivity contribution in [1.29, 1.82) is 0 Å². The van der Waals surface area contributed by atoms with Crippen molar-refractivity contribution in [3.63, 3.8) is 0 Å². The van der Waals surface area contributed by atoms with Gasteiger partial charge < -0.3 is 5.32 Å². The van der Waals surface area contributed by atoms with Crippen LogP contribution in [-0.4, -0.2) is 23.0 Å². The molecule has 0 bridgehead atoms. The fourth-order valence-corrected chi connectivity index (χ4v) is 4.06. The van der Waals surface area contributed by atoms with Crippen molar-refractivity contribution < 1.29 is 4.79 Å². The molecule has 130 valence electrons. The van der Waals surface area contributed by atoms with Crippen LogP contribution >= 0.6 is 11.8 Å². The number of aromatic nitrogens is 1. The lowest BCUT2D eigenvalue weighted by Crippen LogP contribution is -2.25. The molecule has 1 aromatic heterocycles. The molecule has 1 fully saturated rings. The molecule has 5 heteroatoms. The second-order valence-electron chi connectivity index (χ2n) is 6.02. The Labute approximate surface area is 149 Å². The second-order valence-corrected chi connectivity index (χ2v) is 7.08. The largest absolute Gasteiger partial charge is 0.320 e. The molecule has 1 N–H and O–H groups in total. The summed E-state index contributed by atoms with van der Waals surface area (Å²) in [4.78, 5) is 21.0. The highest BCUT2D eigenvalue weighted by Gasteiger charge is 2.21. The molecule has 1 heterocycles. The van der Waals surface area contributed by atoms with Gasteiger partial charge >= 0.3 is 0 Å². The van der Waals surface area contributed by atoms with Gasteiger partial charge in [0.1, 0.15) is 0 Å². The summed E-state index contributed by atoms with van der Waals surface area (Å²) in [5.74, 6) is 0.515. The van der Waals surface area contributed by atoms with Crippen molar-refractivity contribution in [3.8, 4) is 0 Å². The summed E-state index contributed by atoms with van der Waals surface area (Å²) in [5.41, 5.74) is 0.785. The predicted molar refractivity (Wildman–Crippen MR) is 102 cm³/mol. The number of rotatable bonds is 6. The Morgan fingerprint density at radius 2 is 2.17 bits per heavy atom. The molecule has 0 radical (unpaired) electrons. The van der Waals surface area contributed by atoms with E-state index in [0.29, 0.717) is 12.3 Å². The average Bonchev–Trinajstić information content (AvgIpc) is 2.61. The van der Waals surface area contributed by atoms with Gasteiger partial charge in [0.2, 0.25) is 5.91 Å². The zero-order valence-electron chi connectivity index (χ0n) is 14.6. The number of pyridine rings is 1. The van der Waals surface area contributed by atoms with Crippen LogP contribution in [0, 0.1) is 5.92 Å². The summed E-state index contributed by atoms with van der Waals surface area (Å²) in [6, 6.07) is 5.63. The van der Waals surface area contributed by atoms with E-state index < -0.39 is 0 Å². The molecular formula is C19H27N3OS. The zero-order chi connectivity index (χ0) is 17.2. The van der Waals surface area contributed by atoms with Gasteiger partial charge in [-0.3, -0.25) is 14.8 Å². The quantitative estimate of drug-likeness (QED) is 0.616. The summed E-state index contributed by atoms with van der Waals surface area (Å²) in [5, 5.41) is 5.07. The second kappa shape index (κ2) is 10.3. The van der Waals surface area contributed by atoms with E-state index in [1.54, 1.807) is 18.0 Å². The number of aliphatic imine (C=N–C) groups is 1. The van der Waals surface area contributed by atoms with Crippen LogP contribution in [0.25, 0.3) is 0 Å². The number of thioether (sulfide) groups is 1. The van der Waals surface area contributed by atoms with Crippen molar-refractivity contribution in [1.82, 2.24) is 10.3 Å². The van der Waals surface area contributed by atoms with Gasteiger partial charge in [-0.25, -0.2) is 0 Å². The molecule has 0 saturated heterocycles. The molecule has 1 saturated carbocycles. The predicted octanol–water partition coefficient (Wildman–Crippen LogP) is 4.33. The first-order valence-corrected chi connectivity index (χ1v) is 9.59. The minimum atomic E-state index is -0.0278. The molecule has 0 unspecified atom stereocenters.